The molecule has 7 heteroatoms. The van der Waals surface area contributed by atoms with E-state index in [1.807, 2.05) is 0 Å². The minimum Gasteiger partial charge on any atom is -0.391 e. The van der Waals surface area contributed by atoms with Crippen LogP contribution in [0.4, 0.5) is 11.6 Å². The third kappa shape index (κ3) is 3.09. The summed E-state index contributed by atoms with van der Waals surface area (Å²) in [6.07, 6.45) is 6.27. The van der Waals surface area contributed by atoms with Gasteiger partial charge in [-0.05, 0) is 28.8 Å². The third-order valence-electron chi connectivity index (χ3n) is 3.23. The summed E-state index contributed by atoms with van der Waals surface area (Å²) in [4.78, 5) is 8.16. The molecule has 0 aliphatic heterocycles. The van der Waals surface area contributed by atoms with Gasteiger partial charge >= 0.3 is 0 Å². The number of hydrazine groups is 1. The van der Waals surface area contributed by atoms with Gasteiger partial charge in [0.15, 0.2) is 5.82 Å². The van der Waals surface area contributed by atoms with Gasteiger partial charge in [0, 0.05) is 0 Å². The predicted molar refractivity (Wildman–Crippen MR) is 74.0 cm³/mol. The molecule has 1 saturated carbocycles. The number of aliphatic hydroxyl groups is 1. The number of hydrogen-bond acceptors (Lipinski definition) is 6. The van der Waals surface area contributed by atoms with E-state index in [0.717, 1.165) is 25.7 Å². The van der Waals surface area contributed by atoms with Crippen LogP contribution in [0.15, 0.2) is 10.8 Å². The van der Waals surface area contributed by atoms with Crippen molar-refractivity contribution in [2.75, 3.05) is 10.7 Å². The zero-order valence-corrected chi connectivity index (χ0v) is 11.7. The van der Waals surface area contributed by atoms with Crippen LogP contribution in [0, 0.1) is 0 Å². The fourth-order valence-electron chi connectivity index (χ4n) is 2.20. The van der Waals surface area contributed by atoms with E-state index in [2.05, 4.69) is 36.6 Å². The van der Waals surface area contributed by atoms with E-state index < -0.39 is 0 Å². The number of rotatable bonds is 3. The summed E-state index contributed by atoms with van der Waals surface area (Å²) in [5, 5.41) is 13.3. The first-order valence-electron chi connectivity index (χ1n) is 6.14. The zero-order chi connectivity index (χ0) is 13.0. The normalized spacial score (nSPS) is 24.4. The number of nitrogens with one attached hydrogen (secondary N) is 2. The minimum atomic E-state index is -0.330. The molecule has 0 aromatic carbocycles. The van der Waals surface area contributed by atoms with Crippen molar-refractivity contribution >= 4 is 27.6 Å². The van der Waals surface area contributed by atoms with Gasteiger partial charge in [0.05, 0.1) is 12.1 Å². The Balaban J connectivity index is 2.12. The van der Waals surface area contributed by atoms with Crippen LogP contribution in [0.3, 0.4) is 0 Å². The smallest absolute Gasteiger partial charge is 0.159 e. The molecule has 0 spiro atoms. The van der Waals surface area contributed by atoms with Crippen molar-refractivity contribution in [2.24, 2.45) is 5.84 Å². The van der Waals surface area contributed by atoms with Gasteiger partial charge in [-0.25, -0.2) is 15.8 Å². The fraction of sp³-hybridized carbons (Fsp3) is 0.636. The number of anilines is 2. The van der Waals surface area contributed by atoms with Crippen molar-refractivity contribution < 1.29 is 5.11 Å². The molecule has 0 saturated heterocycles. The molecular formula is C11H18BrN5O. The highest BCUT2D eigenvalue weighted by molar-refractivity contribution is 9.10. The Bertz CT molecular complexity index is 403. The van der Waals surface area contributed by atoms with Crippen LogP contribution in [0.2, 0.25) is 0 Å². The van der Waals surface area contributed by atoms with Crippen LogP contribution in [0.25, 0.3) is 0 Å². The Labute approximate surface area is 114 Å². The predicted octanol–water partition coefficient (Wildman–Crippen LogP) is 1.63. The van der Waals surface area contributed by atoms with E-state index in [0.29, 0.717) is 16.1 Å². The van der Waals surface area contributed by atoms with Crippen LogP contribution in [-0.4, -0.2) is 27.2 Å². The van der Waals surface area contributed by atoms with Crippen molar-refractivity contribution in [2.45, 2.75) is 44.2 Å². The number of hydrogen-bond donors (Lipinski definition) is 4. The highest BCUT2D eigenvalue weighted by Gasteiger charge is 2.22. The molecule has 1 aromatic heterocycles. The maximum Gasteiger partial charge on any atom is 0.159 e. The fourth-order valence-corrected chi connectivity index (χ4v) is 2.64. The van der Waals surface area contributed by atoms with Gasteiger partial charge in [-0.3, -0.25) is 0 Å². The molecule has 0 amide bonds. The van der Waals surface area contributed by atoms with E-state index >= 15 is 0 Å². The molecule has 1 aromatic rings. The molecular weight excluding hydrogens is 298 g/mol. The van der Waals surface area contributed by atoms with Crippen LogP contribution in [0.1, 0.15) is 32.1 Å². The van der Waals surface area contributed by atoms with Gasteiger partial charge in [-0.15, -0.1) is 0 Å². The average Bonchev–Trinajstić information content (AvgIpc) is 2.57. The average molecular weight is 316 g/mol. The number of nitrogen functional groups attached to an aromatic ring is 1. The summed E-state index contributed by atoms with van der Waals surface area (Å²) in [6.45, 7) is 0. The van der Waals surface area contributed by atoms with Crippen LogP contribution >= 0.6 is 15.9 Å². The molecule has 2 atom stereocenters. The Morgan fingerprint density at radius 3 is 2.72 bits per heavy atom. The van der Waals surface area contributed by atoms with Gasteiger partial charge < -0.3 is 15.8 Å². The maximum absolute atomic E-state index is 10.1. The number of aromatic nitrogens is 2. The molecule has 100 valence electrons. The summed E-state index contributed by atoms with van der Waals surface area (Å²) < 4.78 is 0.684. The second kappa shape index (κ2) is 6.31. The lowest BCUT2D eigenvalue weighted by Crippen LogP contribution is -2.33. The molecule has 1 aliphatic rings. The van der Waals surface area contributed by atoms with Gasteiger partial charge in [0.1, 0.15) is 16.6 Å². The summed E-state index contributed by atoms with van der Waals surface area (Å²) >= 11 is 3.40. The molecule has 0 bridgehead atoms. The Hall–Kier alpha value is -0.920. The zero-order valence-electron chi connectivity index (χ0n) is 10.1. The summed E-state index contributed by atoms with van der Waals surface area (Å²) in [5.74, 6) is 6.54. The summed E-state index contributed by atoms with van der Waals surface area (Å²) in [6, 6.07) is 0.0318. The maximum atomic E-state index is 10.1. The largest absolute Gasteiger partial charge is 0.391 e. The highest BCUT2D eigenvalue weighted by Crippen LogP contribution is 2.28. The third-order valence-corrected chi connectivity index (χ3v) is 3.98. The van der Waals surface area contributed by atoms with Crippen molar-refractivity contribution in [3.63, 3.8) is 0 Å². The second-order valence-electron chi connectivity index (χ2n) is 4.49. The Morgan fingerprint density at radius 2 is 1.94 bits per heavy atom. The van der Waals surface area contributed by atoms with Crippen LogP contribution < -0.4 is 16.6 Å². The lowest BCUT2D eigenvalue weighted by molar-refractivity contribution is 0.144. The summed E-state index contributed by atoms with van der Waals surface area (Å²) in [7, 11) is 0. The number of aliphatic hydroxyl groups excluding tert-OH is 1. The molecule has 2 unspecified atom stereocenters. The molecule has 0 radical (unpaired) electrons. The van der Waals surface area contributed by atoms with E-state index in [1.54, 1.807) is 0 Å². The number of nitrogens with two attached hydrogens (primary N) is 1. The number of halogens is 1. The van der Waals surface area contributed by atoms with E-state index in [1.165, 1.54) is 12.7 Å². The molecule has 1 fully saturated rings. The molecule has 18 heavy (non-hydrogen) atoms. The first-order chi connectivity index (χ1) is 8.72. The standard InChI is InChI=1S/C11H18BrN5O/c12-9-10(14-6-15-11(9)17-13)16-7-4-2-1-3-5-8(7)18/h6-8,18H,1-5,13H2,(H2,14,15,16,17). The molecule has 1 heterocycles. The van der Waals surface area contributed by atoms with E-state index in [4.69, 9.17) is 5.84 Å². The van der Waals surface area contributed by atoms with Gasteiger partial charge in [-0.2, -0.15) is 0 Å². The van der Waals surface area contributed by atoms with Crippen LogP contribution in [-0.2, 0) is 0 Å². The lowest BCUT2D eigenvalue weighted by Gasteiger charge is -2.23. The molecule has 6 nitrogen and oxygen atoms in total. The minimum absolute atomic E-state index is 0.0318. The van der Waals surface area contributed by atoms with Crippen molar-refractivity contribution in [1.82, 2.24) is 9.97 Å². The first-order valence-corrected chi connectivity index (χ1v) is 6.93. The van der Waals surface area contributed by atoms with Crippen molar-refractivity contribution in [3.8, 4) is 0 Å². The number of nitrogens with zero attached hydrogens (tertiary/aromatic N) is 2. The monoisotopic (exact) mass is 315 g/mol. The quantitative estimate of drug-likeness (QED) is 0.384. The van der Waals surface area contributed by atoms with Gasteiger partial charge in [-0.1, -0.05) is 19.3 Å². The SMILES string of the molecule is NNc1ncnc(NC2CCCCCC2O)c1Br. The highest BCUT2D eigenvalue weighted by atomic mass is 79.9. The Kier molecular flexibility index (Phi) is 4.73. The van der Waals surface area contributed by atoms with Gasteiger partial charge in [0.2, 0.25) is 0 Å². The van der Waals surface area contributed by atoms with Crippen molar-refractivity contribution in [1.29, 1.82) is 0 Å². The molecule has 5 N–H and O–H groups in total. The topological polar surface area (TPSA) is 96.1 Å². The van der Waals surface area contributed by atoms with E-state index in [9.17, 15) is 5.11 Å². The first kappa shape index (κ1) is 13.5. The Morgan fingerprint density at radius 1 is 1.22 bits per heavy atom. The van der Waals surface area contributed by atoms with E-state index in [-0.39, 0.29) is 12.1 Å². The molecule has 1 aliphatic carbocycles. The lowest BCUT2D eigenvalue weighted by atomic mass is 10.1. The molecule has 2 rings (SSSR count). The second-order valence-corrected chi connectivity index (χ2v) is 5.28. The van der Waals surface area contributed by atoms with Crippen molar-refractivity contribution in [3.05, 3.63) is 10.8 Å². The summed E-state index contributed by atoms with van der Waals surface area (Å²) in [5.41, 5.74) is 2.50. The van der Waals surface area contributed by atoms with Crippen LogP contribution in [0.5, 0.6) is 0 Å². The van der Waals surface area contributed by atoms with Gasteiger partial charge in [0.25, 0.3) is 0 Å².